The van der Waals surface area contributed by atoms with E-state index in [1.165, 1.54) is 0 Å². The number of carbonyl (C=O) groups excluding carboxylic acids is 1. The molecular formula is C20H20ClN3O. The van der Waals surface area contributed by atoms with Crippen LogP contribution in [0.1, 0.15) is 15.9 Å². The van der Waals surface area contributed by atoms with Crippen LogP contribution in [0.15, 0.2) is 42.6 Å². The van der Waals surface area contributed by atoms with Gasteiger partial charge in [0.1, 0.15) is 0 Å². The fourth-order valence-electron chi connectivity index (χ4n) is 3.66. The second-order valence-electron chi connectivity index (χ2n) is 6.52. The summed E-state index contributed by atoms with van der Waals surface area (Å²) in [6.07, 6.45) is 2.14. The van der Waals surface area contributed by atoms with E-state index in [2.05, 4.69) is 28.8 Å². The van der Waals surface area contributed by atoms with Gasteiger partial charge in [0.2, 0.25) is 0 Å². The lowest BCUT2D eigenvalue weighted by molar-refractivity contribution is 0.104. The van der Waals surface area contributed by atoms with Crippen LogP contribution in [0.25, 0.3) is 22.0 Å². The molecule has 1 heterocycles. The number of nitrogens with two attached hydrogens (primary N) is 1. The summed E-state index contributed by atoms with van der Waals surface area (Å²) >= 11 is 6.34. The Hall–Kier alpha value is -2.14. The fraction of sp³-hybridized carbons (Fsp3) is 0.250. The first-order chi connectivity index (χ1) is 12.1. The van der Waals surface area contributed by atoms with E-state index in [0.29, 0.717) is 17.1 Å². The molecule has 0 amide bonds. The van der Waals surface area contributed by atoms with Crippen LogP contribution in [0.5, 0.6) is 0 Å². The summed E-state index contributed by atoms with van der Waals surface area (Å²) in [5.41, 5.74) is 10.1. The Morgan fingerprint density at radius 1 is 1.08 bits per heavy atom. The van der Waals surface area contributed by atoms with Crippen molar-refractivity contribution in [3.8, 4) is 11.1 Å². The van der Waals surface area contributed by atoms with Gasteiger partial charge < -0.3 is 15.2 Å². The van der Waals surface area contributed by atoms with Gasteiger partial charge in [-0.05, 0) is 24.7 Å². The molecule has 0 unspecified atom stereocenters. The first kappa shape index (κ1) is 16.3. The Labute approximate surface area is 151 Å². The minimum Gasteiger partial charge on any atom is -0.346 e. The molecule has 1 aliphatic rings. The first-order valence-electron chi connectivity index (χ1n) is 8.46. The number of hydrogen-bond acceptors (Lipinski definition) is 3. The molecule has 0 fully saturated rings. The van der Waals surface area contributed by atoms with Gasteiger partial charge in [-0.15, -0.1) is 0 Å². The monoisotopic (exact) mass is 353 g/mol. The molecule has 0 aliphatic heterocycles. The molecule has 5 heteroatoms. The minimum absolute atomic E-state index is 0.0108. The third-order valence-corrected chi connectivity index (χ3v) is 5.23. The first-order valence-corrected chi connectivity index (χ1v) is 8.83. The summed E-state index contributed by atoms with van der Waals surface area (Å²) in [6, 6.07) is 11.6. The number of fused-ring (bicyclic) bond motifs is 2. The highest BCUT2D eigenvalue weighted by Crippen LogP contribution is 2.42. The van der Waals surface area contributed by atoms with Crippen molar-refractivity contribution in [3.05, 3.63) is 58.7 Å². The maximum absolute atomic E-state index is 13.0. The number of likely N-dealkylation sites (N-methyl/N-ethyl adjacent to an activating group) is 1. The number of hydrogen-bond donors (Lipinski definition) is 1. The lowest BCUT2D eigenvalue weighted by Gasteiger charge is -2.17. The standard InChI is InChI=1S/C20H20ClN3O/c1-23(9-8-22)10-11-24-12-15-13-4-2-6-16(21)19(13)20(25)14-5-3-7-17(24)18(14)15/h2-7,12H,8-11,22H2,1H3. The molecule has 1 aromatic heterocycles. The van der Waals surface area contributed by atoms with E-state index in [-0.39, 0.29) is 5.78 Å². The van der Waals surface area contributed by atoms with Crippen molar-refractivity contribution in [3.63, 3.8) is 0 Å². The zero-order valence-corrected chi connectivity index (χ0v) is 14.9. The summed E-state index contributed by atoms with van der Waals surface area (Å²) in [5.74, 6) is 0.0108. The smallest absolute Gasteiger partial charge is 0.195 e. The highest BCUT2D eigenvalue weighted by Gasteiger charge is 2.28. The normalized spacial score (nSPS) is 12.9. The van der Waals surface area contributed by atoms with Crippen molar-refractivity contribution >= 4 is 28.3 Å². The van der Waals surface area contributed by atoms with Gasteiger partial charge in [-0.2, -0.15) is 0 Å². The quantitative estimate of drug-likeness (QED) is 0.598. The third-order valence-electron chi connectivity index (χ3n) is 4.92. The number of benzene rings is 2. The van der Waals surface area contributed by atoms with Gasteiger partial charge in [0.15, 0.2) is 5.78 Å². The Morgan fingerprint density at radius 3 is 2.64 bits per heavy atom. The molecular weight excluding hydrogens is 334 g/mol. The van der Waals surface area contributed by atoms with Crippen LogP contribution in [-0.2, 0) is 6.54 Å². The van der Waals surface area contributed by atoms with Crippen LogP contribution in [0.3, 0.4) is 0 Å². The molecule has 4 rings (SSSR count). The molecule has 0 spiro atoms. The molecule has 3 aromatic rings. The van der Waals surface area contributed by atoms with Crippen LogP contribution in [0, 0.1) is 0 Å². The third kappa shape index (κ3) is 2.58. The molecule has 2 N–H and O–H groups in total. The van der Waals surface area contributed by atoms with Gasteiger partial charge in [0, 0.05) is 60.0 Å². The second-order valence-corrected chi connectivity index (χ2v) is 6.93. The molecule has 0 atom stereocenters. The van der Waals surface area contributed by atoms with Crippen molar-refractivity contribution in [1.29, 1.82) is 0 Å². The predicted octanol–water partition coefficient (Wildman–Crippen LogP) is 3.40. The zero-order chi connectivity index (χ0) is 17.6. The number of nitrogens with zero attached hydrogens (tertiary/aromatic N) is 2. The van der Waals surface area contributed by atoms with Crippen LogP contribution >= 0.6 is 11.6 Å². The number of carbonyl (C=O) groups is 1. The summed E-state index contributed by atoms with van der Waals surface area (Å²) in [7, 11) is 2.07. The molecule has 0 bridgehead atoms. The maximum atomic E-state index is 13.0. The van der Waals surface area contributed by atoms with E-state index in [4.69, 9.17) is 17.3 Å². The molecule has 2 aromatic carbocycles. The number of rotatable bonds is 5. The molecule has 128 valence electrons. The Balaban J connectivity index is 1.86. The highest BCUT2D eigenvalue weighted by atomic mass is 35.5. The van der Waals surface area contributed by atoms with Crippen molar-refractivity contribution < 1.29 is 4.79 Å². The lowest BCUT2D eigenvalue weighted by atomic mass is 9.86. The summed E-state index contributed by atoms with van der Waals surface area (Å²) < 4.78 is 2.23. The Morgan fingerprint density at radius 2 is 1.84 bits per heavy atom. The van der Waals surface area contributed by atoms with Crippen LogP contribution < -0.4 is 5.73 Å². The van der Waals surface area contributed by atoms with Gasteiger partial charge >= 0.3 is 0 Å². The van der Waals surface area contributed by atoms with E-state index < -0.39 is 0 Å². The van der Waals surface area contributed by atoms with Crippen LogP contribution in [0.2, 0.25) is 5.02 Å². The summed E-state index contributed by atoms with van der Waals surface area (Å²) in [5, 5.41) is 1.55. The Bertz CT molecular complexity index is 976. The van der Waals surface area contributed by atoms with E-state index in [1.807, 2.05) is 24.3 Å². The van der Waals surface area contributed by atoms with E-state index >= 15 is 0 Å². The van der Waals surface area contributed by atoms with Crippen LogP contribution in [0.4, 0.5) is 0 Å². The number of aromatic nitrogens is 1. The fourth-order valence-corrected chi connectivity index (χ4v) is 3.92. The number of ketones is 1. The SMILES string of the molecule is CN(CCN)CCn1cc2c3c(cccc31)C(=O)c1c(Cl)cccc1-2. The highest BCUT2D eigenvalue weighted by molar-refractivity contribution is 6.38. The Kier molecular flexibility index (Phi) is 4.12. The van der Waals surface area contributed by atoms with E-state index in [0.717, 1.165) is 47.2 Å². The van der Waals surface area contributed by atoms with Gasteiger partial charge in [-0.3, -0.25) is 4.79 Å². The van der Waals surface area contributed by atoms with Gasteiger partial charge in [0.05, 0.1) is 5.02 Å². The lowest BCUT2D eigenvalue weighted by Crippen LogP contribution is -2.28. The van der Waals surface area contributed by atoms with Gasteiger partial charge in [-0.25, -0.2) is 0 Å². The van der Waals surface area contributed by atoms with E-state index in [9.17, 15) is 4.79 Å². The van der Waals surface area contributed by atoms with E-state index in [1.54, 1.807) is 6.07 Å². The van der Waals surface area contributed by atoms with Crippen molar-refractivity contribution in [2.75, 3.05) is 26.7 Å². The molecule has 4 nitrogen and oxygen atoms in total. The van der Waals surface area contributed by atoms with Crippen molar-refractivity contribution in [2.45, 2.75) is 6.54 Å². The van der Waals surface area contributed by atoms with Crippen molar-refractivity contribution in [2.24, 2.45) is 5.73 Å². The van der Waals surface area contributed by atoms with Gasteiger partial charge in [0.25, 0.3) is 0 Å². The molecule has 0 saturated heterocycles. The molecule has 1 aliphatic carbocycles. The molecule has 0 radical (unpaired) electrons. The summed E-state index contributed by atoms with van der Waals surface area (Å²) in [4.78, 5) is 15.2. The largest absolute Gasteiger partial charge is 0.346 e. The maximum Gasteiger partial charge on any atom is 0.195 e. The summed E-state index contributed by atoms with van der Waals surface area (Å²) in [6.45, 7) is 3.27. The predicted molar refractivity (Wildman–Crippen MR) is 102 cm³/mol. The topological polar surface area (TPSA) is 51.3 Å². The molecule has 0 saturated carbocycles. The average molecular weight is 354 g/mol. The minimum atomic E-state index is 0.0108. The van der Waals surface area contributed by atoms with Crippen molar-refractivity contribution in [1.82, 2.24) is 9.47 Å². The van der Waals surface area contributed by atoms with Crippen LogP contribution in [-0.4, -0.2) is 41.9 Å². The second kappa shape index (κ2) is 6.30. The zero-order valence-electron chi connectivity index (χ0n) is 14.1. The molecule has 25 heavy (non-hydrogen) atoms. The van der Waals surface area contributed by atoms with Gasteiger partial charge in [-0.1, -0.05) is 35.9 Å². The average Bonchev–Trinajstić information content (AvgIpc) is 2.98. The number of halogens is 1.